The number of nitrogens with one attached hydrogen (secondary N) is 1. The minimum absolute atomic E-state index is 0.179. The summed E-state index contributed by atoms with van der Waals surface area (Å²) in [6.07, 6.45) is 0.660. The highest BCUT2D eigenvalue weighted by atomic mass is 32.2. The van der Waals surface area contributed by atoms with E-state index >= 15 is 0 Å². The first-order valence-electron chi connectivity index (χ1n) is 8.36. The number of rotatable bonds is 3. The minimum Gasteiger partial charge on any atom is -0.364 e. The number of aromatic nitrogens is 2. The predicted molar refractivity (Wildman–Crippen MR) is 94.3 cm³/mol. The van der Waals surface area contributed by atoms with Gasteiger partial charge in [0.25, 0.3) is 5.91 Å². The van der Waals surface area contributed by atoms with Gasteiger partial charge in [-0.2, -0.15) is 16.9 Å². The van der Waals surface area contributed by atoms with Gasteiger partial charge < -0.3 is 11.5 Å². The summed E-state index contributed by atoms with van der Waals surface area (Å²) in [6.45, 7) is 1.21. The largest absolute Gasteiger partial charge is 0.364 e. The van der Waals surface area contributed by atoms with Gasteiger partial charge in [-0.05, 0) is 24.6 Å². The molecule has 9 heteroatoms. The van der Waals surface area contributed by atoms with E-state index in [2.05, 4.69) is 15.1 Å². The number of aromatic amines is 1. The van der Waals surface area contributed by atoms with E-state index in [0.717, 1.165) is 29.1 Å². The van der Waals surface area contributed by atoms with Crippen LogP contribution in [0.2, 0.25) is 0 Å². The first kappa shape index (κ1) is 17.4. The number of primary amides is 1. The van der Waals surface area contributed by atoms with E-state index in [0.29, 0.717) is 30.8 Å². The van der Waals surface area contributed by atoms with Crippen LogP contribution in [-0.2, 0) is 13.1 Å². The van der Waals surface area contributed by atoms with Gasteiger partial charge in [0.2, 0.25) is 0 Å². The van der Waals surface area contributed by atoms with E-state index in [-0.39, 0.29) is 17.3 Å². The van der Waals surface area contributed by atoms with Crippen LogP contribution in [0.5, 0.6) is 0 Å². The molecular formula is C17H19F2N5OS. The maximum absolute atomic E-state index is 14.1. The number of thioether (sulfide) groups is 1. The summed E-state index contributed by atoms with van der Waals surface area (Å²) >= 11 is 1.54. The zero-order chi connectivity index (χ0) is 18.4. The van der Waals surface area contributed by atoms with E-state index in [1.165, 1.54) is 6.07 Å². The van der Waals surface area contributed by atoms with E-state index in [1.807, 2.05) is 0 Å². The number of H-pyrrole nitrogens is 1. The lowest BCUT2D eigenvalue weighted by Crippen LogP contribution is -2.44. The van der Waals surface area contributed by atoms with E-state index in [1.54, 1.807) is 11.8 Å². The van der Waals surface area contributed by atoms with Gasteiger partial charge in [0.1, 0.15) is 17.3 Å². The Morgan fingerprint density at radius 1 is 1.35 bits per heavy atom. The lowest BCUT2D eigenvalue weighted by Gasteiger charge is -2.38. The third-order valence-corrected chi connectivity index (χ3v) is 6.64. The summed E-state index contributed by atoms with van der Waals surface area (Å²) in [5.41, 5.74) is 14.0. The van der Waals surface area contributed by atoms with Crippen molar-refractivity contribution >= 4 is 17.7 Å². The molecule has 1 aromatic carbocycles. The molecule has 3 atom stereocenters. The normalized spacial score (nSPS) is 26.0. The topological polar surface area (TPSA) is 101 Å². The molecule has 0 aliphatic carbocycles. The lowest BCUT2D eigenvalue weighted by molar-refractivity contribution is 0.0993. The average molecular weight is 379 g/mol. The Balaban J connectivity index is 1.46. The molecule has 0 spiro atoms. The summed E-state index contributed by atoms with van der Waals surface area (Å²) < 4.78 is 27.6. The molecule has 0 saturated carbocycles. The number of benzene rings is 1. The van der Waals surface area contributed by atoms with Crippen LogP contribution < -0.4 is 11.5 Å². The van der Waals surface area contributed by atoms with E-state index < -0.39 is 17.5 Å². The van der Waals surface area contributed by atoms with Crippen molar-refractivity contribution in [3.05, 3.63) is 52.3 Å². The third-order valence-electron chi connectivity index (χ3n) is 5.10. The van der Waals surface area contributed by atoms with Crippen LogP contribution in [0.4, 0.5) is 8.78 Å². The minimum atomic E-state index is -0.517. The number of hydrogen-bond acceptors (Lipinski definition) is 5. The second kappa shape index (κ2) is 6.64. The van der Waals surface area contributed by atoms with Crippen LogP contribution in [0.25, 0.3) is 0 Å². The maximum Gasteiger partial charge on any atom is 0.267 e. The smallest absolute Gasteiger partial charge is 0.267 e. The van der Waals surface area contributed by atoms with Crippen molar-refractivity contribution < 1.29 is 13.6 Å². The van der Waals surface area contributed by atoms with Crippen molar-refractivity contribution in [2.45, 2.75) is 36.8 Å². The van der Waals surface area contributed by atoms with Crippen LogP contribution in [-0.4, -0.2) is 38.8 Å². The first-order valence-corrected chi connectivity index (χ1v) is 9.41. The monoisotopic (exact) mass is 379 g/mol. The molecule has 138 valence electrons. The highest BCUT2D eigenvalue weighted by molar-refractivity contribution is 7.99. The molecule has 4 rings (SSSR count). The second-order valence-corrected chi connectivity index (χ2v) is 7.94. The van der Waals surface area contributed by atoms with Crippen LogP contribution in [0, 0.1) is 11.6 Å². The number of amides is 1. The summed E-state index contributed by atoms with van der Waals surface area (Å²) in [5, 5.41) is 6.58. The number of nitrogens with zero attached hydrogens (tertiary/aromatic N) is 2. The Kier molecular flexibility index (Phi) is 4.45. The quantitative estimate of drug-likeness (QED) is 0.753. The fourth-order valence-electron chi connectivity index (χ4n) is 3.77. The SMILES string of the molecule is NC(=O)c1[nH]nc2c1CN([C@H]1CSC(c3cc(F)ccc3F)[C@@H](N)C1)C2. The Bertz CT molecular complexity index is 858. The standard InChI is InChI=1S/C17H19F2N5OS/c18-8-1-2-12(19)10(3-8)16-13(20)4-9(7-26-16)24-5-11-14(6-24)22-23-15(11)17(21)25/h1-3,9,13,16H,4-7,20H2,(H2,21,25)(H,22,23)/t9-,13+,16?/m1/s1. The molecule has 1 amide bonds. The molecule has 6 nitrogen and oxygen atoms in total. The molecule has 1 saturated heterocycles. The van der Waals surface area contributed by atoms with Gasteiger partial charge in [0.15, 0.2) is 0 Å². The Labute approximate surface area is 153 Å². The fourth-order valence-corrected chi connectivity index (χ4v) is 5.26. The second-order valence-electron chi connectivity index (χ2n) is 6.77. The molecule has 1 fully saturated rings. The molecule has 0 radical (unpaired) electrons. The van der Waals surface area contributed by atoms with Crippen molar-refractivity contribution in [1.29, 1.82) is 0 Å². The van der Waals surface area contributed by atoms with Crippen molar-refractivity contribution in [3.8, 4) is 0 Å². The van der Waals surface area contributed by atoms with Gasteiger partial charge >= 0.3 is 0 Å². The van der Waals surface area contributed by atoms with Crippen molar-refractivity contribution in [2.24, 2.45) is 11.5 Å². The number of carbonyl (C=O) groups excluding carboxylic acids is 1. The summed E-state index contributed by atoms with van der Waals surface area (Å²) in [5.74, 6) is -0.656. The van der Waals surface area contributed by atoms with Crippen LogP contribution in [0.1, 0.15) is 39.0 Å². The summed E-state index contributed by atoms with van der Waals surface area (Å²) in [7, 11) is 0. The molecule has 26 heavy (non-hydrogen) atoms. The highest BCUT2D eigenvalue weighted by Gasteiger charge is 2.37. The maximum atomic E-state index is 14.1. The van der Waals surface area contributed by atoms with Gasteiger partial charge in [0.05, 0.1) is 5.69 Å². The predicted octanol–water partition coefficient (Wildman–Crippen LogP) is 1.68. The average Bonchev–Trinajstić information content (AvgIpc) is 3.17. The fraction of sp³-hybridized carbons (Fsp3) is 0.412. The van der Waals surface area contributed by atoms with Gasteiger partial charge in [-0.1, -0.05) is 0 Å². The third kappa shape index (κ3) is 3.00. The van der Waals surface area contributed by atoms with Gasteiger partial charge in [-0.15, -0.1) is 0 Å². The summed E-state index contributed by atoms with van der Waals surface area (Å²) in [6, 6.07) is 3.38. The highest BCUT2D eigenvalue weighted by Crippen LogP contribution is 2.41. The van der Waals surface area contributed by atoms with Crippen LogP contribution in [0.3, 0.4) is 0 Å². The van der Waals surface area contributed by atoms with E-state index in [9.17, 15) is 13.6 Å². The summed E-state index contributed by atoms with van der Waals surface area (Å²) in [4.78, 5) is 13.7. The Hall–Kier alpha value is -1.97. The molecule has 1 unspecified atom stereocenters. The number of hydrogen-bond donors (Lipinski definition) is 3. The molecule has 0 bridgehead atoms. The number of halogens is 2. The molecule has 2 aliphatic heterocycles. The van der Waals surface area contributed by atoms with Crippen molar-refractivity contribution in [1.82, 2.24) is 15.1 Å². The van der Waals surface area contributed by atoms with Gasteiger partial charge in [-0.3, -0.25) is 14.8 Å². The van der Waals surface area contributed by atoms with Crippen molar-refractivity contribution in [3.63, 3.8) is 0 Å². The van der Waals surface area contributed by atoms with Gasteiger partial charge in [0, 0.05) is 47.3 Å². The molecule has 1 aromatic heterocycles. The number of fused-ring (bicyclic) bond motifs is 1. The van der Waals surface area contributed by atoms with Crippen molar-refractivity contribution in [2.75, 3.05) is 5.75 Å². The molecule has 5 N–H and O–H groups in total. The van der Waals surface area contributed by atoms with Crippen LogP contribution >= 0.6 is 11.8 Å². The molecule has 3 heterocycles. The lowest BCUT2D eigenvalue weighted by atomic mass is 9.98. The van der Waals surface area contributed by atoms with Crippen LogP contribution in [0.15, 0.2) is 18.2 Å². The zero-order valence-corrected chi connectivity index (χ0v) is 14.7. The Morgan fingerprint density at radius 3 is 2.88 bits per heavy atom. The van der Waals surface area contributed by atoms with Gasteiger partial charge in [-0.25, -0.2) is 8.78 Å². The number of nitrogens with two attached hydrogens (primary N) is 2. The molecule has 2 aliphatic rings. The first-order chi connectivity index (χ1) is 12.4. The Morgan fingerprint density at radius 2 is 2.15 bits per heavy atom. The molecule has 2 aromatic rings. The zero-order valence-electron chi connectivity index (χ0n) is 13.9. The molecular weight excluding hydrogens is 360 g/mol. The number of carbonyl (C=O) groups is 1. The van der Waals surface area contributed by atoms with E-state index in [4.69, 9.17) is 11.5 Å².